The Morgan fingerprint density at radius 1 is 1.25 bits per heavy atom. The number of halogens is 7. The molecular weight excluding hydrogens is 316 g/mol. The van der Waals surface area contributed by atoms with Crippen molar-refractivity contribution in [2.24, 2.45) is 0 Å². The molecule has 0 atom stereocenters. The van der Waals surface area contributed by atoms with Crippen molar-refractivity contribution in [1.29, 1.82) is 0 Å². The number of alkyl halides is 5. The maximum absolute atomic E-state index is 13.4. The standard InChI is InChI=1S/C10H6ClF6NO2/c1-4-2-3-5(6(11)7(4)19)18(17)8(20)9(12,13)10(14,15)16/h2-3,19H,1H3. The fraction of sp³-hybridized carbons (Fsp3) is 0.300. The topological polar surface area (TPSA) is 40.5 Å². The molecule has 0 unspecified atom stereocenters. The zero-order valence-corrected chi connectivity index (χ0v) is 10.4. The molecule has 112 valence electrons. The molecule has 0 aliphatic heterocycles. The van der Waals surface area contributed by atoms with Gasteiger partial charge in [0.2, 0.25) is 0 Å². The van der Waals surface area contributed by atoms with Crippen molar-refractivity contribution in [3.05, 3.63) is 22.7 Å². The molecule has 10 heteroatoms. The smallest absolute Gasteiger partial charge is 0.463 e. The lowest BCUT2D eigenvalue weighted by atomic mass is 10.2. The number of rotatable bonds is 2. The number of benzene rings is 1. The number of aryl methyl sites for hydroxylation is 1. The number of phenols is 1. The lowest BCUT2D eigenvalue weighted by Crippen LogP contribution is -2.50. The number of hydrogen-bond donors (Lipinski definition) is 1. The number of nitrogens with zero attached hydrogens (tertiary/aromatic N) is 1. The van der Waals surface area contributed by atoms with Crippen LogP contribution < -0.4 is 5.12 Å². The first-order valence-electron chi connectivity index (χ1n) is 4.84. The van der Waals surface area contributed by atoms with Gasteiger partial charge in [-0.25, -0.2) is 0 Å². The minimum absolute atomic E-state index is 0.113. The van der Waals surface area contributed by atoms with Crippen LogP contribution in [0.5, 0.6) is 5.75 Å². The monoisotopic (exact) mass is 321 g/mol. The molecule has 0 aromatic heterocycles. The first-order chi connectivity index (χ1) is 8.91. The Hall–Kier alpha value is -1.64. The Bertz CT molecular complexity index is 545. The van der Waals surface area contributed by atoms with E-state index in [4.69, 9.17) is 11.6 Å². The second-order valence-corrected chi connectivity index (χ2v) is 4.10. The minimum atomic E-state index is -6.26. The summed E-state index contributed by atoms with van der Waals surface area (Å²) >= 11 is 5.39. The number of aromatic hydroxyl groups is 1. The van der Waals surface area contributed by atoms with E-state index in [1.165, 1.54) is 6.92 Å². The number of hydrogen-bond acceptors (Lipinski definition) is 2. The normalized spacial score (nSPS) is 12.4. The van der Waals surface area contributed by atoms with E-state index in [0.717, 1.165) is 6.07 Å². The molecule has 0 heterocycles. The summed E-state index contributed by atoms with van der Waals surface area (Å²) in [6, 6.07) is 1.67. The molecule has 0 saturated heterocycles. The maximum Gasteiger partial charge on any atom is 0.463 e. The zero-order chi connectivity index (χ0) is 15.9. The van der Waals surface area contributed by atoms with Crippen LogP contribution in [0.3, 0.4) is 0 Å². The third kappa shape index (κ3) is 2.62. The van der Waals surface area contributed by atoms with Gasteiger partial charge in [-0.2, -0.15) is 22.0 Å². The minimum Gasteiger partial charge on any atom is -0.506 e. The van der Waals surface area contributed by atoms with Crippen LogP contribution in [-0.4, -0.2) is 23.1 Å². The quantitative estimate of drug-likeness (QED) is 0.665. The highest BCUT2D eigenvalue weighted by Gasteiger charge is 2.65. The molecule has 0 aliphatic carbocycles. The lowest BCUT2D eigenvalue weighted by molar-refractivity contribution is -0.269. The van der Waals surface area contributed by atoms with Crippen LogP contribution in [0.15, 0.2) is 12.1 Å². The predicted molar refractivity (Wildman–Crippen MR) is 57.4 cm³/mol. The summed E-state index contributed by atoms with van der Waals surface area (Å²) in [5.41, 5.74) is -1.01. The maximum atomic E-state index is 13.4. The van der Waals surface area contributed by atoms with Gasteiger partial charge in [-0.15, -0.1) is 5.12 Å². The molecule has 1 aromatic carbocycles. The molecule has 1 N–H and O–H groups in total. The van der Waals surface area contributed by atoms with Gasteiger partial charge in [0, 0.05) is 0 Å². The number of phenolic OH excluding ortho intramolecular Hbond substituents is 1. The molecule has 3 nitrogen and oxygen atoms in total. The van der Waals surface area contributed by atoms with Gasteiger partial charge in [-0.1, -0.05) is 22.1 Å². The van der Waals surface area contributed by atoms with Gasteiger partial charge in [0.15, 0.2) is 0 Å². The summed E-state index contributed by atoms with van der Waals surface area (Å²) in [6.45, 7) is 1.32. The molecule has 0 aliphatic rings. The van der Waals surface area contributed by atoms with E-state index in [1.807, 2.05) is 0 Å². The van der Waals surface area contributed by atoms with Crippen LogP contribution in [0.1, 0.15) is 5.56 Å². The second-order valence-electron chi connectivity index (χ2n) is 3.72. The van der Waals surface area contributed by atoms with Gasteiger partial charge in [0.1, 0.15) is 16.5 Å². The van der Waals surface area contributed by atoms with Crippen LogP contribution in [0.25, 0.3) is 0 Å². The summed E-state index contributed by atoms with van der Waals surface area (Å²) in [7, 11) is 0. The van der Waals surface area contributed by atoms with Crippen LogP contribution >= 0.6 is 11.6 Å². The number of amides is 1. The molecule has 0 radical (unpaired) electrons. The van der Waals surface area contributed by atoms with Gasteiger partial charge < -0.3 is 5.11 Å². The first-order valence-corrected chi connectivity index (χ1v) is 5.22. The summed E-state index contributed by atoms with van der Waals surface area (Å²) in [6.07, 6.45) is -6.26. The molecule has 0 spiro atoms. The van der Waals surface area contributed by atoms with E-state index in [1.54, 1.807) is 0 Å². The molecule has 0 bridgehead atoms. The average molecular weight is 322 g/mol. The molecule has 0 fully saturated rings. The van der Waals surface area contributed by atoms with Gasteiger partial charge >= 0.3 is 18.0 Å². The molecule has 0 saturated carbocycles. The van der Waals surface area contributed by atoms with Crippen molar-refractivity contribution < 1.29 is 36.3 Å². The third-order valence-corrected chi connectivity index (χ3v) is 2.68. The lowest BCUT2D eigenvalue weighted by Gasteiger charge is -2.22. The van der Waals surface area contributed by atoms with E-state index >= 15 is 0 Å². The fourth-order valence-corrected chi connectivity index (χ4v) is 1.44. The van der Waals surface area contributed by atoms with Crippen LogP contribution in [0.4, 0.5) is 32.1 Å². The predicted octanol–water partition coefficient (Wildman–Crippen LogP) is 3.77. The number of anilines is 1. The summed E-state index contributed by atoms with van der Waals surface area (Å²) < 4.78 is 74.7. The van der Waals surface area contributed by atoms with E-state index in [9.17, 15) is 36.3 Å². The molecule has 1 rings (SSSR count). The molecule has 1 aromatic rings. The first kappa shape index (κ1) is 16.4. The molecular formula is C10H6ClF6NO2. The molecule has 1 amide bonds. The third-order valence-electron chi connectivity index (χ3n) is 2.31. The Kier molecular flexibility index (Phi) is 4.14. The summed E-state index contributed by atoms with van der Waals surface area (Å²) in [5, 5.41) is 7.02. The van der Waals surface area contributed by atoms with Crippen LogP contribution in [0.2, 0.25) is 5.02 Å². The SMILES string of the molecule is Cc1ccc(N(F)C(=O)C(F)(F)C(F)(F)F)c(Cl)c1O. The fourth-order valence-electron chi connectivity index (χ4n) is 1.16. The average Bonchev–Trinajstić information content (AvgIpc) is 2.33. The van der Waals surface area contributed by atoms with Crippen molar-refractivity contribution in [3.63, 3.8) is 0 Å². The van der Waals surface area contributed by atoms with Gasteiger partial charge in [-0.05, 0) is 18.6 Å². The highest BCUT2D eigenvalue weighted by Crippen LogP contribution is 2.41. The summed E-state index contributed by atoms with van der Waals surface area (Å²) in [4.78, 5) is 10.9. The Labute approximate surface area is 113 Å². The van der Waals surface area contributed by atoms with Crippen molar-refractivity contribution in [1.82, 2.24) is 0 Å². The van der Waals surface area contributed by atoms with Crippen molar-refractivity contribution in [2.75, 3.05) is 5.12 Å². The highest BCUT2D eigenvalue weighted by molar-refractivity contribution is 6.35. The zero-order valence-electron chi connectivity index (χ0n) is 9.60. The Balaban J connectivity index is 3.23. The van der Waals surface area contributed by atoms with Crippen LogP contribution in [-0.2, 0) is 4.79 Å². The molecule has 20 heavy (non-hydrogen) atoms. The van der Waals surface area contributed by atoms with Crippen molar-refractivity contribution >= 4 is 23.2 Å². The van der Waals surface area contributed by atoms with Crippen LogP contribution in [0, 0.1) is 6.92 Å². The van der Waals surface area contributed by atoms with Crippen molar-refractivity contribution in [2.45, 2.75) is 19.0 Å². The van der Waals surface area contributed by atoms with Gasteiger partial charge in [0.05, 0.1) is 0 Å². The second kappa shape index (κ2) is 5.04. The number of carbonyl (C=O) groups excluding carboxylic acids is 1. The Morgan fingerprint density at radius 2 is 1.75 bits per heavy atom. The summed E-state index contributed by atoms with van der Waals surface area (Å²) in [5.74, 6) is -9.82. The van der Waals surface area contributed by atoms with Gasteiger partial charge in [-0.3, -0.25) is 4.79 Å². The highest BCUT2D eigenvalue weighted by atomic mass is 35.5. The van der Waals surface area contributed by atoms with E-state index in [2.05, 4.69) is 0 Å². The van der Waals surface area contributed by atoms with Crippen molar-refractivity contribution in [3.8, 4) is 5.75 Å². The Morgan fingerprint density at radius 3 is 2.20 bits per heavy atom. The van der Waals surface area contributed by atoms with Gasteiger partial charge in [0.25, 0.3) is 0 Å². The van der Waals surface area contributed by atoms with E-state index in [0.29, 0.717) is 6.07 Å². The van der Waals surface area contributed by atoms with E-state index in [-0.39, 0.29) is 5.56 Å². The van der Waals surface area contributed by atoms with E-state index < -0.39 is 39.6 Å². The largest absolute Gasteiger partial charge is 0.506 e. The number of carbonyl (C=O) groups is 1.